The van der Waals surface area contributed by atoms with Crippen LogP contribution in [0.25, 0.3) is 6.08 Å². The molecule has 0 heterocycles. The maximum absolute atomic E-state index is 5.29. The van der Waals surface area contributed by atoms with Gasteiger partial charge in [0.05, 0.1) is 14.2 Å². The van der Waals surface area contributed by atoms with Gasteiger partial charge >= 0.3 is 0 Å². The van der Waals surface area contributed by atoms with Crippen LogP contribution in [0.4, 0.5) is 0 Å². The van der Waals surface area contributed by atoms with Gasteiger partial charge in [0.2, 0.25) is 0 Å². The Balaban J connectivity index is 3.08. The van der Waals surface area contributed by atoms with E-state index in [9.17, 15) is 0 Å². The van der Waals surface area contributed by atoms with Crippen molar-refractivity contribution in [2.24, 2.45) is 0 Å². The molecule has 0 bridgehead atoms. The van der Waals surface area contributed by atoms with E-state index < -0.39 is 0 Å². The second-order valence-corrected chi connectivity index (χ2v) is 2.89. The van der Waals surface area contributed by atoms with Crippen LogP contribution in [-0.4, -0.2) is 14.2 Å². The van der Waals surface area contributed by atoms with E-state index in [2.05, 4.69) is 13.0 Å². The number of ether oxygens (including phenoxy) is 2. The molecule has 0 saturated carbocycles. The Morgan fingerprint density at radius 1 is 1.21 bits per heavy atom. The Bertz CT molecular complexity index is 316. The number of hydrogen-bond donors (Lipinski definition) is 0. The molecule has 0 spiro atoms. The first-order chi connectivity index (χ1) is 6.83. The first-order valence-electron chi connectivity index (χ1n) is 4.71. The summed E-state index contributed by atoms with van der Waals surface area (Å²) in [7, 11) is 3.30. The van der Waals surface area contributed by atoms with E-state index in [0.29, 0.717) is 0 Å². The van der Waals surface area contributed by atoms with E-state index >= 15 is 0 Å². The van der Waals surface area contributed by atoms with Gasteiger partial charge in [-0.25, -0.2) is 0 Å². The second kappa shape index (κ2) is 5.32. The van der Waals surface area contributed by atoms with Crippen molar-refractivity contribution in [1.29, 1.82) is 0 Å². The molecule has 0 aromatic heterocycles. The molecular formula is C12H16O2. The molecule has 76 valence electrons. The van der Waals surface area contributed by atoms with Crippen LogP contribution in [0.2, 0.25) is 0 Å². The van der Waals surface area contributed by atoms with E-state index in [0.717, 1.165) is 23.5 Å². The Hall–Kier alpha value is -1.44. The summed E-state index contributed by atoms with van der Waals surface area (Å²) in [5, 5.41) is 0. The quantitative estimate of drug-likeness (QED) is 0.729. The minimum Gasteiger partial charge on any atom is -0.493 e. The summed E-state index contributed by atoms with van der Waals surface area (Å²) >= 11 is 0. The van der Waals surface area contributed by atoms with Gasteiger partial charge in [0.1, 0.15) is 0 Å². The monoisotopic (exact) mass is 192 g/mol. The Labute approximate surface area is 85.2 Å². The van der Waals surface area contributed by atoms with Gasteiger partial charge in [0, 0.05) is 5.56 Å². The molecule has 0 aliphatic rings. The molecule has 0 saturated heterocycles. The van der Waals surface area contributed by atoms with Crippen molar-refractivity contribution in [2.75, 3.05) is 14.2 Å². The lowest BCUT2D eigenvalue weighted by atomic mass is 10.1. The summed E-state index contributed by atoms with van der Waals surface area (Å²) in [5.41, 5.74) is 1.05. The zero-order valence-electron chi connectivity index (χ0n) is 8.91. The Morgan fingerprint density at radius 3 is 2.57 bits per heavy atom. The van der Waals surface area contributed by atoms with Crippen molar-refractivity contribution in [3.63, 3.8) is 0 Å². The van der Waals surface area contributed by atoms with Gasteiger partial charge in [-0.1, -0.05) is 31.2 Å². The molecule has 0 N–H and O–H groups in total. The van der Waals surface area contributed by atoms with Gasteiger partial charge < -0.3 is 9.47 Å². The van der Waals surface area contributed by atoms with Crippen LogP contribution in [0.15, 0.2) is 24.3 Å². The van der Waals surface area contributed by atoms with Gasteiger partial charge in [-0.05, 0) is 12.5 Å². The van der Waals surface area contributed by atoms with Crippen LogP contribution in [0.3, 0.4) is 0 Å². The number of rotatable bonds is 4. The topological polar surface area (TPSA) is 18.5 Å². The molecule has 1 aromatic rings. The molecular weight excluding hydrogens is 176 g/mol. The highest BCUT2D eigenvalue weighted by Gasteiger charge is 2.05. The molecule has 14 heavy (non-hydrogen) atoms. The lowest BCUT2D eigenvalue weighted by Gasteiger charge is -2.09. The van der Waals surface area contributed by atoms with E-state index in [1.165, 1.54) is 0 Å². The smallest absolute Gasteiger partial charge is 0.167 e. The van der Waals surface area contributed by atoms with Crippen LogP contribution < -0.4 is 9.47 Å². The SMILES string of the molecule is CCC=Cc1cccc(OC)c1OC. The average Bonchev–Trinajstić information content (AvgIpc) is 2.25. The number of benzene rings is 1. The Kier molecular flexibility index (Phi) is 4.05. The largest absolute Gasteiger partial charge is 0.493 e. The zero-order chi connectivity index (χ0) is 10.4. The van der Waals surface area contributed by atoms with Crippen LogP contribution in [0, 0.1) is 0 Å². The number of para-hydroxylation sites is 1. The molecule has 0 amide bonds. The van der Waals surface area contributed by atoms with Crippen LogP contribution in [0.5, 0.6) is 11.5 Å². The van der Waals surface area contributed by atoms with Gasteiger partial charge in [-0.3, -0.25) is 0 Å². The fourth-order valence-corrected chi connectivity index (χ4v) is 1.29. The molecule has 0 aliphatic carbocycles. The lowest BCUT2D eigenvalue weighted by molar-refractivity contribution is 0.354. The van der Waals surface area contributed by atoms with Crippen molar-refractivity contribution in [3.05, 3.63) is 29.8 Å². The van der Waals surface area contributed by atoms with Crippen molar-refractivity contribution >= 4 is 6.08 Å². The average molecular weight is 192 g/mol. The van der Waals surface area contributed by atoms with Gasteiger partial charge in [0.15, 0.2) is 11.5 Å². The van der Waals surface area contributed by atoms with Crippen LogP contribution in [-0.2, 0) is 0 Å². The minimum absolute atomic E-state index is 0.769. The number of allylic oxidation sites excluding steroid dienone is 1. The summed E-state index contributed by atoms with van der Waals surface area (Å²) in [6, 6.07) is 5.85. The summed E-state index contributed by atoms with van der Waals surface area (Å²) in [6.45, 7) is 2.10. The van der Waals surface area contributed by atoms with E-state index in [-0.39, 0.29) is 0 Å². The van der Waals surface area contributed by atoms with Crippen LogP contribution >= 0.6 is 0 Å². The first-order valence-corrected chi connectivity index (χ1v) is 4.71. The summed E-state index contributed by atoms with van der Waals surface area (Å²) in [6.07, 6.45) is 5.15. The molecule has 0 radical (unpaired) electrons. The maximum Gasteiger partial charge on any atom is 0.167 e. The van der Waals surface area contributed by atoms with Crippen LogP contribution in [0.1, 0.15) is 18.9 Å². The van der Waals surface area contributed by atoms with Gasteiger partial charge in [0.25, 0.3) is 0 Å². The second-order valence-electron chi connectivity index (χ2n) is 2.89. The molecule has 0 aliphatic heterocycles. The predicted molar refractivity (Wildman–Crippen MR) is 58.9 cm³/mol. The van der Waals surface area contributed by atoms with Crippen molar-refractivity contribution in [1.82, 2.24) is 0 Å². The zero-order valence-corrected chi connectivity index (χ0v) is 8.91. The molecule has 2 heteroatoms. The van der Waals surface area contributed by atoms with E-state index in [4.69, 9.17) is 9.47 Å². The molecule has 0 atom stereocenters. The highest BCUT2D eigenvalue weighted by atomic mass is 16.5. The maximum atomic E-state index is 5.29. The van der Waals surface area contributed by atoms with Gasteiger partial charge in [-0.2, -0.15) is 0 Å². The standard InChI is InChI=1S/C12H16O2/c1-4-5-7-10-8-6-9-11(13-2)12(10)14-3/h5-9H,4H2,1-3H3. The highest BCUT2D eigenvalue weighted by Crippen LogP contribution is 2.31. The molecule has 0 unspecified atom stereocenters. The van der Waals surface area contributed by atoms with Crippen molar-refractivity contribution in [2.45, 2.75) is 13.3 Å². The fraction of sp³-hybridized carbons (Fsp3) is 0.333. The third-order valence-electron chi connectivity index (χ3n) is 1.97. The summed E-state index contributed by atoms with van der Waals surface area (Å²) < 4.78 is 10.5. The summed E-state index contributed by atoms with van der Waals surface area (Å²) in [4.78, 5) is 0. The highest BCUT2D eigenvalue weighted by molar-refractivity contribution is 5.62. The van der Waals surface area contributed by atoms with E-state index in [1.54, 1.807) is 14.2 Å². The first kappa shape index (κ1) is 10.6. The van der Waals surface area contributed by atoms with E-state index in [1.807, 2.05) is 24.3 Å². The molecule has 1 rings (SSSR count). The minimum atomic E-state index is 0.769. The number of methoxy groups -OCH3 is 2. The van der Waals surface area contributed by atoms with Crippen molar-refractivity contribution in [3.8, 4) is 11.5 Å². The van der Waals surface area contributed by atoms with Crippen molar-refractivity contribution < 1.29 is 9.47 Å². The molecule has 2 nitrogen and oxygen atoms in total. The molecule has 1 aromatic carbocycles. The predicted octanol–water partition coefficient (Wildman–Crippen LogP) is 3.13. The normalized spacial score (nSPS) is 10.5. The van der Waals surface area contributed by atoms with Gasteiger partial charge in [-0.15, -0.1) is 0 Å². The molecule has 0 fully saturated rings. The lowest BCUT2D eigenvalue weighted by Crippen LogP contribution is -1.92. The summed E-state index contributed by atoms with van der Waals surface area (Å²) in [5.74, 6) is 1.56. The number of hydrogen-bond acceptors (Lipinski definition) is 2. The third-order valence-corrected chi connectivity index (χ3v) is 1.97. The third kappa shape index (κ3) is 2.28. The Morgan fingerprint density at radius 2 is 2.00 bits per heavy atom. The fourth-order valence-electron chi connectivity index (χ4n) is 1.29.